The zero-order valence-corrected chi connectivity index (χ0v) is 18.9. The summed E-state index contributed by atoms with van der Waals surface area (Å²) < 4.78 is 27.4. The Morgan fingerprint density at radius 1 is 0.968 bits per heavy atom. The lowest BCUT2D eigenvalue weighted by molar-refractivity contribution is 0.0938. The van der Waals surface area contributed by atoms with Gasteiger partial charge in [0.15, 0.2) is 0 Å². The third kappa shape index (κ3) is 5.73. The lowest BCUT2D eigenvalue weighted by atomic mass is 10.1. The quantitative estimate of drug-likeness (QED) is 0.562. The van der Waals surface area contributed by atoms with E-state index in [1.807, 2.05) is 44.2 Å². The summed E-state index contributed by atoms with van der Waals surface area (Å²) in [6.45, 7) is 3.90. The van der Waals surface area contributed by atoms with Crippen molar-refractivity contribution in [3.8, 4) is 0 Å². The zero-order chi connectivity index (χ0) is 22.4. The van der Waals surface area contributed by atoms with E-state index in [4.69, 9.17) is 0 Å². The van der Waals surface area contributed by atoms with Gasteiger partial charge in [0.25, 0.3) is 15.9 Å². The molecule has 162 valence electrons. The first-order valence-corrected chi connectivity index (χ1v) is 11.7. The molecule has 0 saturated carbocycles. The molecule has 3 aromatic carbocycles. The second-order valence-corrected chi connectivity index (χ2v) is 9.70. The SMILES string of the molecule is Cc1ccc(N(C)S(=O)(=O)c2cccc(C(=O)NC(C)CCc3ccccc3)c2)cc1. The highest BCUT2D eigenvalue weighted by Gasteiger charge is 2.22. The number of sulfonamides is 1. The Hall–Kier alpha value is -3.12. The summed E-state index contributed by atoms with van der Waals surface area (Å²) in [5.41, 5.74) is 3.16. The molecule has 0 aromatic heterocycles. The maximum Gasteiger partial charge on any atom is 0.264 e. The second kappa shape index (κ2) is 9.79. The number of nitrogens with zero attached hydrogens (tertiary/aromatic N) is 1. The van der Waals surface area contributed by atoms with Crippen molar-refractivity contribution >= 4 is 21.6 Å². The highest BCUT2D eigenvalue weighted by molar-refractivity contribution is 7.92. The minimum Gasteiger partial charge on any atom is -0.350 e. The number of benzene rings is 3. The number of nitrogens with one attached hydrogen (secondary N) is 1. The van der Waals surface area contributed by atoms with E-state index in [1.165, 1.54) is 29.0 Å². The minimum absolute atomic E-state index is 0.0387. The molecule has 0 aliphatic rings. The van der Waals surface area contributed by atoms with Crippen molar-refractivity contribution in [3.05, 3.63) is 95.6 Å². The van der Waals surface area contributed by atoms with Gasteiger partial charge in [-0.25, -0.2) is 8.42 Å². The Morgan fingerprint density at radius 3 is 2.32 bits per heavy atom. The standard InChI is InChI=1S/C25H28N2O3S/c1-19-12-16-23(17-13-19)27(3)31(29,30)24-11-7-10-22(18-24)25(28)26-20(2)14-15-21-8-5-4-6-9-21/h4-13,16-18,20H,14-15H2,1-3H3,(H,26,28). The molecule has 0 radical (unpaired) electrons. The molecule has 1 unspecified atom stereocenters. The van der Waals surface area contributed by atoms with Crippen LogP contribution in [0, 0.1) is 6.92 Å². The first kappa shape index (κ1) is 22.6. The molecule has 0 heterocycles. The molecular formula is C25H28N2O3S. The molecule has 1 amide bonds. The Morgan fingerprint density at radius 2 is 1.65 bits per heavy atom. The number of carbonyl (C=O) groups excluding carboxylic acids is 1. The Labute approximate surface area is 184 Å². The predicted molar refractivity (Wildman–Crippen MR) is 125 cm³/mol. The molecule has 0 aliphatic heterocycles. The maximum absolute atomic E-state index is 13.1. The van der Waals surface area contributed by atoms with Gasteiger partial charge in [-0.15, -0.1) is 0 Å². The largest absolute Gasteiger partial charge is 0.350 e. The van der Waals surface area contributed by atoms with Crippen LogP contribution < -0.4 is 9.62 Å². The van der Waals surface area contributed by atoms with Gasteiger partial charge >= 0.3 is 0 Å². The van der Waals surface area contributed by atoms with Crippen LogP contribution in [0.1, 0.15) is 34.8 Å². The average molecular weight is 437 g/mol. The number of carbonyl (C=O) groups is 1. The summed E-state index contributed by atoms with van der Waals surface area (Å²) in [6, 6.07) is 23.5. The summed E-state index contributed by atoms with van der Waals surface area (Å²) in [6.07, 6.45) is 1.65. The van der Waals surface area contributed by atoms with E-state index in [9.17, 15) is 13.2 Å². The van der Waals surface area contributed by atoms with E-state index in [1.54, 1.807) is 24.3 Å². The summed E-state index contributed by atoms with van der Waals surface area (Å²) >= 11 is 0. The van der Waals surface area contributed by atoms with Crippen LogP contribution in [0.3, 0.4) is 0 Å². The first-order valence-electron chi connectivity index (χ1n) is 10.3. The van der Waals surface area contributed by atoms with Crippen LogP contribution in [0.15, 0.2) is 83.8 Å². The Balaban J connectivity index is 1.69. The summed E-state index contributed by atoms with van der Waals surface area (Å²) in [4.78, 5) is 12.8. The Kier molecular flexibility index (Phi) is 7.13. The monoisotopic (exact) mass is 436 g/mol. The van der Waals surface area contributed by atoms with Gasteiger partial charge in [-0.05, 0) is 62.6 Å². The fourth-order valence-corrected chi connectivity index (χ4v) is 4.50. The molecular weight excluding hydrogens is 408 g/mol. The van der Waals surface area contributed by atoms with Gasteiger partial charge in [0.2, 0.25) is 0 Å². The molecule has 3 aromatic rings. The number of rotatable bonds is 8. The van der Waals surface area contributed by atoms with Crippen molar-refractivity contribution < 1.29 is 13.2 Å². The van der Waals surface area contributed by atoms with Crippen LogP contribution in [0.2, 0.25) is 0 Å². The van der Waals surface area contributed by atoms with Crippen molar-refractivity contribution in [1.82, 2.24) is 5.32 Å². The van der Waals surface area contributed by atoms with Gasteiger partial charge < -0.3 is 5.32 Å². The molecule has 1 N–H and O–H groups in total. The summed E-state index contributed by atoms with van der Waals surface area (Å²) in [5, 5.41) is 2.96. The van der Waals surface area contributed by atoms with Gasteiger partial charge in [-0.1, -0.05) is 54.1 Å². The lowest BCUT2D eigenvalue weighted by Crippen LogP contribution is -2.33. The maximum atomic E-state index is 13.1. The van der Waals surface area contributed by atoms with Crippen LogP contribution in [0.5, 0.6) is 0 Å². The average Bonchev–Trinajstić information content (AvgIpc) is 2.78. The van der Waals surface area contributed by atoms with Crippen molar-refractivity contribution in [2.45, 2.75) is 37.6 Å². The fourth-order valence-electron chi connectivity index (χ4n) is 3.26. The molecule has 0 saturated heterocycles. The first-order chi connectivity index (χ1) is 14.8. The van der Waals surface area contributed by atoms with E-state index >= 15 is 0 Å². The van der Waals surface area contributed by atoms with Gasteiger partial charge in [-0.2, -0.15) is 0 Å². The number of hydrogen-bond donors (Lipinski definition) is 1. The lowest BCUT2D eigenvalue weighted by Gasteiger charge is -2.20. The Bertz CT molecular complexity index is 1130. The molecule has 31 heavy (non-hydrogen) atoms. The van der Waals surface area contributed by atoms with Crippen molar-refractivity contribution in [3.63, 3.8) is 0 Å². The van der Waals surface area contributed by atoms with Crippen LogP contribution >= 0.6 is 0 Å². The number of hydrogen-bond acceptors (Lipinski definition) is 3. The molecule has 0 aliphatic carbocycles. The van der Waals surface area contributed by atoms with E-state index in [-0.39, 0.29) is 16.8 Å². The van der Waals surface area contributed by atoms with Crippen molar-refractivity contribution in [2.75, 3.05) is 11.4 Å². The smallest absolute Gasteiger partial charge is 0.264 e. The highest BCUT2D eigenvalue weighted by Crippen LogP contribution is 2.23. The van der Waals surface area contributed by atoms with Crippen LogP contribution in [0.25, 0.3) is 0 Å². The van der Waals surface area contributed by atoms with Gasteiger partial charge in [0.1, 0.15) is 0 Å². The van der Waals surface area contributed by atoms with E-state index < -0.39 is 10.0 Å². The number of amides is 1. The molecule has 3 rings (SSSR count). The molecule has 5 nitrogen and oxygen atoms in total. The molecule has 6 heteroatoms. The van der Waals surface area contributed by atoms with E-state index in [2.05, 4.69) is 17.4 Å². The van der Waals surface area contributed by atoms with Gasteiger partial charge in [0.05, 0.1) is 10.6 Å². The summed E-state index contributed by atoms with van der Waals surface area (Å²) in [5.74, 6) is -0.282. The molecule has 0 bridgehead atoms. The van der Waals surface area contributed by atoms with Crippen LogP contribution in [-0.2, 0) is 16.4 Å². The van der Waals surface area contributed by atoms with Crippen LogP contribution in [-0.4, -0.2) is 27.4 Å². The zero-order valence-electron chi connectivity index (χ0n) is 18.1. The van der Waals surface area contributed by atoms with Gasteiger partial charge in [0, 0.05) is 18.7 Å². The molecule has 0 fully saturated rings. The topological polar surface area (TPSA) is 66.5 Å². The van der Waals surface area contributed by atoms with Crippen LogP contribution in [0.4, 0.5) is 5.69 Å². The number of aryl methyl sites for hydroxylation is 2. The van der Waals surface area contributed by atoms with Crippen molar-refractivity contribution in [2.24, 2.45) is 0 Å². The highest BCUT2D eigenvalue weighted by atomic mass is 32.2. The third-order valence-electron chi connectivity index (χ3n) is 5.24. The van der Waals surface area contributed by atoms with E-state index in [0.717, 1.165) is 18.4 Å². The second-order valence-electron chi connectivity index (χ2n) is 7.73. The third-order valence-corrected chi connectivity index (χ3v) is 7.02. The predicted octanol–water partition coefficient (Wildman–Crippen LogP) is 4.57. The van der Waals surface area contributed by atoms with Gasteiger partial charge in [-0.3, -0.25) is 9.10 Å². The minimum atomic E-state index is -3.78. The molecule has 1 atom stereocenters. The normalized spacial score (nSPS) is 12.2. The van der Waals surface area contributed by atoms with Crippen molar-refractivity contribution in [1.29, 1.82) is 0 Å². The molecule has 0 spiro atoms. The van der Waals surface area contributed by atoms with E-state index in [0.29, 0.717) is 11.3 Å². The fraction of sp³-hybridized carbons (Fsp3) is 0.240. The summed E-state index contributed by atoms with van der Waals surface area (Å²) in [7, 11) is -2.27. The number of anilines is 1.